The third-order valence-corrected chi connectivity index (χ3v) is 4.53. The Morgan fingerprint density at radius 3 is 2.42 bits per heavy atom. The second-order valence-electron chi connectivity index (χ2n) is 5.68. The number of fused-ring (bicyclic) bond motifs is 1. The van der Waals surface area contributed by atoms with Gasteiger partial charge in [0.15, 0.2) is 16.8 Å². The molecule has 2 N–H and O–H groups in total. The van der Waals surface area contributed by atoms with E-state index in [4.69, 9.17) is 13.9 Å². The van der Waals surface area contributed by atoms with E-state index in [1.54, 1.807) is 6.92 Å². The molecule has 3 rings (SSSR count). The lowest BCUT2D eigenvalue weighted by molar-refractivity contribution is 0.358. The van der Waals surface area contributed by atoms with Crippen molar-refractivity contribution in [2.45, 2.75) is 13.5 Å². The fraction of sp³-hybridized carbons (Fsp3) is 0.211. The summed E-state index contributed by atoms with van der Waals surface area (Å²) >= 11 is 3.39. The standard InChI is InChI=1S/C19H18BrNO5/c1-10-8-14(22)15-17(24-2)13(16(23)19(25-3)18(15)26-10)9-21-12-6-4-11(20)5-7-12/h4-8,21,23H,9H2,1-3H3. The summed E-state index contributed by atoms with van der Waals surface area (Å²) in [4.78, 5) is 12.5. The number of hydrogen-bond acceptors (Lipinski definition) is 6. The number of halogens is 1. The molecular formula is C19H18BrNO5. The van der Waals surface area contributed by atoms with E-state index in [0.29, 0.717) is 11.3 Å². The van der Waals surface area contributed by atoms with Gasteiger partial charge in [-0.3, -0.25) is 4.79 Å². The molecule has 136 valence electrons. The Morgan fingerprint density at radius 1 is 1.15 bits per heavy atom. The fourth-order valence-electron chi connectivity index (χ4n) is 2.82. The molecule has 0 aliphatic carbocycles. The van der Waals surface area contributed by atoms with Gasteiger partial charge in [0.05, 0.1) is 19.8 Å². The smallest absolute Gasteiger partial charge is 0.205 e. The van der Waals surface area contributed by atoms with E-state index in [2.05, 4.69) is 21.2 Å². The van der Waals surface area contributed by atoms with Gasteiger partial charge < -0.3 is 24.3 Å². The molecule has 1 aromatic heterocycles. The van der Waals surface area contributed by atoms with Crippen LogP contribution in [0.3, 0.4) is 0 Å². The predicted molar refractivity (Wildman–Crippen MR) is 103 cm³/mol. The molecule has 0 saturated carbocycles. The topological polar surface area (TPSA) is 80.9 Å². The van der Waals surface area contributed by atoms with Crippen LogP contribution in [-0.4, -0.2) is 19.3 Å². The lowest BCUT2D eigenvalue weighted by Crippen LogP contribution is -2.09. The molecule has 6 nitrogen and oxygen atoms in total. The molecule has 0 bridgehead atoms. The zero-order chi connectivity index (χ0) is 18.8. The van der Waals surface area contributed by atoms with E-state index in [0.717, 1.165) is 10.2 Å². The molecule has 0 saturated heterocycles. The minimum absolute atomic E-state index is 0.106. The summed E-state index contributed by atoms with van der Waals surface area (Å²) in [7, 11) is 2.86. The second kappa shape index (κ2) is 7.29. The van der Waals surface area contributed by atoms with Crippen molar-refractivity contribution in [3.05, 3.63) is 56.4 Å². The molecular weight excluding hydrogens is 402 g/mol. The molecule has 0 aliphatic heterocycles. The van der Waals surface area contributed by atoms with E-state index >= 15 is 0 Å². The predicted octanol–water partition coefficient (Wildman–Crippen LogP) is 4.20. The van der Waals surface area contributed by atoms with Crippen LogP contribution in [0.1, 0.15) is 11.3 Å². The van der Waals surface area contributed by atoms with Crippen LogP contribution in [0.15, 0.2) is 44.0 Å². The molecule has 0 unspecified atom stereocenters. The lowest BCUT2D eigenvalue weighted by atomic mass is 10.1. The van der Waals surface area contributed by atoms with Crippen molar-refractivity contribution in [3.8, 4) is 17.2 Å². The van der Waals surface area contributed by atoms with Crippen molar-refractivity contribution in [2.75, 3.05) is 19.5 Å². The van der Waals surface area contributed by atoms with E-state index in [-0.39, 0.29) is 40.2 Å². The quantitative estimate of drug-likeness (QED) is 0.644. The van der Waals surface area contributed by atoms with Gasteiger partial charge in [0, 0.05) is 22.8 Å². The number of aromatic hydroxyl groups is 1. The number of hydrogen-bond donors (Lipinski definition) is 2. The zero-order valence-corrected chi connectivity index (χ0v) is 16.1. The van der Waals surface area contributed by atoms with Crippen LogP contribution in [0.4, 0.5) is 5.69 Å². The summed E-state index contributed by atoms with van der Waals surface area (Å²) < 4.78 is 17.3. The van der Waals surface area contributed by atoms with Gasteiger partial charge >= 0.3 is 0 Å². The van der Waals surface area contributed by atoms with Gasteiger partial charge in [-0.05, 0) is 31.2 Å². The highest BCUT2D eigenvalue weighted by molar-refractivity contribution is 9.10. The Bertz CT molecular complexity index is 1010. The van der Waals surface area contributed by atoms with Crippen LogP contribution in [0.25, 0.3) is 11.0 Å². The van der Waals surface area contributed by atoms with Crippen LogP contribution in [0, 0.1) is 6.92 Å². The first-order valence-electron chi connectivity index (χ1n) is 7.86. The minimum Gasteiger partial charge on any atom is -0.504 e. The number of phenolic OH excluding ortho intramolecular Hbond substituents is 1. The Hall–Kier alpha value is -2.67. The van der Waals surface area contributed by atoms with Crippen LogP contribution in [-0.2, 0) is 6.54 Å². The zero-order valence-electron chi connectivity index (χ0n) is 14.6. The van der Waals surface area contributed by atoms with Crippen LogP contribution in [0.5, 0.6) is 17.2 Å². The molecule has 1 heterocycles. The van der Waals surface area contributed by atoms with E-state index in [1.165, 1.54) is 20.3 Å². The van der Waals surface area contributed by atoms with Crippen molar-refractivity contribution in [1.29, 1.82) is 0 Å². The van der Waals surface area contributed by atoms with E-state index in [1.807, 2.05) is 24.3 Å². The summed E-state index contributed by atoms with van der Waals surface area (Å²) in [6.45, 7) is 1.89. The van der Waals surface area contributed by atoms with Crippen LogP contribution in [0.2, 0.25) is 0 Å². The van der Waals surface area contributed by atoms with E-state index in [9.17, 15) is 9.90 Å². The normalized spacial score (nSPS) is 10.8. The summed E-state index contributed by atoms with van der Waals surface area (Å²) in [5.74, 6) is 0.657. The highest BCUT2D eigenvalue weighted by atomic mass is 79.9. The molecule has 26 heavy (non-hydrogen) atoms. The van der Waals surface area contributed by atoms with E-state index < -0.39 is 0 Å². The second-order valence-corrected chi connectivity index (χ2v) is 6.60. The molecule has 0 atom stereocenters. The number of ether oxygens (including phenoxy) is 2. The maximum Gasteiger partial charge on any atom is 0.205 e. The molecule has 7 heteroatoms. The number of benzene rings is 2. The number of anilines is 1. The fourth-order valence-corrected chi connectivity index (χ4v) is 3.09. The minimum atomic E-state index is -0.260. The lowest BCUT2D eigenvalue weighted by Gasteiger charge is -2.17. The Morgan fingerprint density at radius 2 is 1.81 bits per heavy atom. The number of phenols is 1. The average molecular weight is 420 g/mol. The number of rotatable bonds is 5. The Labute approximate surface area is 158 Å². The van der Waals surface area contributed by atoms with Gasteiger partial charge in [-0.25, -0.2) is 0 Å². The molecule has 0 fully saturated rings. The van der Waals surface area contributed by atoms with Crippen molar-refractivity contribution < 1.29 is 19.0 Å². The maximum atomic E-state index is 12.5. The van der Waals surface area contributed by atoms with Crippen molar-refractivity contribution in [2.24, 2.45) is 0 Å². The Kier molecular flexibility index (Phi) is 5.08. The monoisotopic (exact) mass is 419 g/mol. The van der Waals surface area contributed by atoms with Crippen LogP contribution < -0.4 is 20.2 Å². The third-order valence-electron chi connectivity index (χ3n) is 4.00. The number of methoxy groups -OCH3 is 2. The first-order chi connectivity index (χ1) is 12.5. The Balaban J connectivity index is 2.16. The molecule has 0 spiro atoms. The first-order valence-corrected chi connectivity index (χ1v) is 8.65. The highest BCUT2D eigenvalue weighted by Gasteiger charge is 2.24. The number of nitrogens with one attached hydrogen (secondary N) is 1. The summed E-state index contributed by atoms with van der Waals surface area (Å²) in [5, 5.41) is 14.1. The maximum absolute atomic E-state index is 12.5. The summed E-state index contributed by atoms with van der Waals surface area (Å²) in [6.07, 6.45) is 0. The van der Waals surface area contributed by atoms with Gasteiger partial charge in [-0.15, -0.1) is 0 Å². The van der Waals surface area contributed by atoms with Gasteiger partial charge in [0.2, 0.25) is 5.75 Å². The summed E-state index contributed by atoms with van der Waals surface area (Å²) in [6, 6.07) is 8.97. The van der Waals surface area contributed by atoms with Gasteiger partial charge in [0.25, 0.3) is 0 Å². The molecule has 2 aromatic carbocycles. The molecule has 0 amide bonds. The SMILES string of the molecule is COc1c(O)c(CNc2ccc(Br)cc2)c(OC)c2c(=O)cc(C)oc12. The van der Waals surface area contributed by atoms with Gasteiger partial charge in [-0.1, -0.05) is 15.9 Å². The van der Waals surface area contributed by atoms with Crippen molar-refractivity contribution >= 4 is 32.6 Å². The highest BCUT2D eigenvalue weighted by Crippen LogP contribution is 2.44. The third kappa shape index (κ3) is 3.22. The molecule has 0 radical (unpaired) electrons. The molecule has 0 aliphatic rings. The largest absolute Gasteiger partial charge is 0.504 e. The van der Waals surface area contributed by atoms with Crippen molar-refractivity contribution in [1.82, 2.24) is 0 Å². The average Bonchev–Trinajstić information content (AvgIpc) is 2.61. The molecule has 3 aromatic rings. The van der Waals surface area contributed by atoms with Gasteiger partial charge in [-0.2, -0.15) is 0 Å². The van der Waals surface area contributed by atoms with Crippen molar-refractivity contribution in [3.63, 3.8) is 0 Å². The van der Waals surface area contributed by atoms with Crippen LogP contribution >= 0.6 is 15.9 Å². The summed E-state index contributed by atoms with van der Waals surface area (Å²) in [5.41, 5.74) is 1.17. The number of aryl methyl sites for hydroxylation is 1. The van der Waals surface area contributed by atoms with Gasteiger partial charge in [0.1, 0.15) is 16.9 Å². The first kappa shape index (κ1) is 18.1.